The van der Waals surface area contributed by atoms with E-state index in [0.717, 1.165) is 28.1 Å². The SMILES string of the molecule is CCO.CN.Cc1cc(C)c(CN)c(N)n1.[C-]#[N+]c1c(C)cc(C)nc1N. The molecule has 0 aliphatic carbocycles. The Morgan fingerprint density at radius 3 is 1.70 bits per heavy atom. The van der Waals surface area contributed by atoms with Crippen molar-refractivity contribution in [3.05, 3.63) is 51.6 Å². The maximum Gasteiger partial charge on any atom is 0.230 e. The summed E-state index contributed by atoms with van der Waals surface area (Å²) in [5, 5.41) is 7.57. The zero-order valence-electron chi connectivity index (χ0n) is 17.2. The molecule has 0 unspecified atom stereocenters. The van der Waals surface area contributed by atoms with Crippen LogP contribution in [-0.2, 0) is 6.54 Å². The molecule has 0 spiro atoms. The number of pyridine rings is 2. The van der Waals surface area contributed by atoms with Crippen molar-refractivity contribution in [1.29, 1.82) is 0 Å². The highest BCUT2D eigenvalue weighted by Gasteiger charge is 2.04. The maximum absolute atomic E-state index is 7.57. The van der Waals surface area contributed by atoms with Crippen LogP contribution in [0.1, 0.15) is 35.0 Å². The van der Waals surface area contributed by atoms with Gasteiger partial charge in [-0.2, -0.15) is 0 Å². The number of nitrogens with two attached hydrogens (primary N) is 4. The van der Waals surface area contributed by atoms with Crippen LogP contribution in [0.5, 0.6) is 0 Å². The van der Waals surface area contributed by atoms with E-state index in [2.05, 4.69) is 20.5 Å². The van der Waals surface area contributed by atoms with Crippen LogP contribution < -0.4 is 22.9 Å². The summed E-state index contributed by atoms with van der Waals surface area (Å²) in [6.45, 7) is 16.8. The summed E-state index contributed by atoms with van der Waals surface area (Å²) in [5.74, 6) is 0.891. The van der Waals surface area contributed by atoms with Crippen molar-refractivity contribution >= 4 is 17.3 Å². The number of aliphatic hydroxyl groups excluding tert-OH is 1. The van der Waals surface area contributed by atoms with Crippen LogP contribution in [0.2, 0.25) is 0 Å². The van der Waals surface area contributed by atoms with Crippen molar-refractivity contribution in [1.82, 2.24) is 9.97 Å². The molecule has 0 amide bonds. The summed E-state index contributed by atoms with van der Waals surface area (Å²) in [6, 6.07) is 3.84. The fraction of sp³-hybridized carbons (Fsp3) is 0.421. The lowest BCUT2D eigenvalue weighted by Crippen LogP contribution is -2.06. The van der Waals surface area contributed by atoms with E-state index in [1.807, 2.05) is 39.8 Å². The van der Waals surface area contributed by atoms with Crippen molar-refractivity contribution in [3.63, 3.8) is 0 Å². The number of hydrogen-bond acceptors (Lipinski definition) is 7. The highest BCUT2D eigenvalue weighted by Crippen LogP contribution is 2.24. The Hall–Kier alpha value is -2.73. The lowest BCUT2D eigenvalue weighted by molar-refractivity contribution is 0.318. The van der Waals surface area contributed by atoms with Gasteiger partial charge < -0.3 is 28.0 Å². The summed E-state index contributed by atoms with van der Waals surface area (Å²) < 4.78 is 0. The first-order valence-electron chi connectivity index (χ1n) is 8.44. The largest absolute Gasteiger partial charge is 0.397 e. The quantitative estimate of drug-likeness (QED) is 0.478. The van der Waals surface area contributed by atoms with E-state index >= 15 is 0 Å². The highest BCUT2D eigenvalue weighted by atomic mass is 16.2. The van der Waals surface area contributed by atoms with Crippen molar-refractivity contribution in [2.24, 2.45) is 11.5 Å². The molecule has 0 aliphatic rings. The van der Waals surface area contributed by atoms with E-state index in [-0.39, 0.29) is 6.61 Å². The van der Waals surface area contributed by atoms with E-state index in [0.29, 0.717) is 23.9 Å². The second kappa shape index (κ2) is 14.4. The van der Waals surface area contributed by atoms with E-state index in [1.54, 1.807) is 6.92 Å². The third-order valence-corrected chi connectivity index (χ3v) is 3.16. The molecule has 2 rings (SSSR count). The van der Waals surface area contributed by atoms with Crippen LogP contribution in [0.4, 0.5) is 17.3 Å². The monoisotopic (exact) mass is 375 g/mol. The summed E-state index contributed by atoms with van der Waals surface area (Å²) >= 11 is 0. The molecule has 2 aromatic rings. The van der Waals surface area contributed by atoms with Gasteiger partial charge in [0.25, 0.3) is 0 Å². The first kappa shape index (κ1) is 26.5. The van der Waals surface area contributed by atoms with Crippen LogP contribution in [0.15, 0.2) is 12.1 Å². The van der Waals surface area contributed by atoms with E-state index in [4.69, 9.17) is 28.9 Å². The minimum Gasteiger partial charge on any atom is -0.397 e. The Kier molecular flexibility index (Phi) is 14.2. The molecule has 8 heteroatoms. The molecule has 0 saturated heterocycles. The second-order valence-corrected chi connectivity index (χ2v) is 5.39. The Morgan fingerprint density at radius 1 is 0.963 bits per heavy atom. The van der Waals surface area contributed by atoms with Crippen LogP contribution in [0.25, 0.3) is 4.85 Å². The zero-order valence-corrected chi connectivity index (χ0v) is 17.2. The molecule has 0 bridgehead atoms. The molecule has 0 saturated carbocycles. The second-order valence-electron chi connectivity index (χ2n) is 5.39. The van der Waals surface area contributed by atoms with Crippen LogP contribution in [0, 0.1) is 34.3 Å². The van der Waals surface area contributed by atoms with Gasteiger partial charge in [0.15, 0.2) is 0 Å². The van der Waals surface area contributed by atoms with Crippen LogP contribution in [0.3, 0.4) is 0 Å². The average molecular weight is 376 g/mol. The molecular formula is C19H33N7O. The molecule has 0 aliphatic heterocycles. The van der Waals surface area contributed by atoms with Gasteiger partial charge in [0.05, 0.1) is 6.57 Å². The Labute approximate surface area is 162 Å². The lowest BCUT2D eigenvalue weighted by atomic mass is 10.1. The van der Waals surface area contributed by atoms with Crippen LogP contribution in [-0.4, -0.2) is 28.7 Å². The molecule has 2 heterocycles. The molecule has 0 radical (unpaired) electrons. The highest BCUT2D eigenvalue weighted by molar-refractivity contribution is 5.67. The first-order valence-corrected chi connectivity index (χ1v) is 8.44. The van der Waals surface area contributed by atoms with E-state index in [1.165, 1.54) is 7.05 Å². The summed E-state index contributed by atoms with van der Waals surface area (Å²) in [6.07, 6.45) is 0. The fourth-order valence-corrected chi connectivity index (χ4v) is 2.16. The zero-order chi connectivity index (χ0) is 21.6. The van der Waals surface area contributed by atoms with Gasteiger partial charge in [-0.25, -0.2) is 14.8 Å². The normalized spacial score (nSPS) is 8.74. The number of anilines is 2. The summed E-state index contributed by atoms with van der Waals surface area (Å²) in [5.41, 5.74) is 26.4. The summed E-state index contributed by atoms with van der Waals surface area (Å²) in [7, 11) is 1.50. The van der Waals surface area contributed by atoms with Gasteiger partial charge in [-0.1, -0.05) is 0 Å². The number of nitrogens with zero attached hydrogens (tertiary/aromatic N) is 3. The first-order chi connectivity index (χ1) is 12.7. The lowest BCUT2D eigenvalue weighted by Gasteiger charge is -2.06. The average Bonchev–Trinajstić information content (AvgIpc) is 2.57. The molecule has 0 atom stereocenters. The number of aromatic nitrogens is 2. The predicted molar refractivity (Wildman–Crippen MR) is 113 cm³/mol. The van der Waals surface area contributed by atoms with Gasteiger partial charge in [0.2, 0.25) is 5.69 Å². The van der Waals surface area contributed by atoms with Crippen molar-refractivity contribution in [2.75, 3.05) is 25.1 Å². The predicted octanol–water partition coefficient (Wildman–Crippen LogP) is 2.14. The minimum absolute atomic E-state index is 0.250. The third-order valence-electron chi connectivity index (χ3n) is 3.16. The van der Waals surface area contributed by atoms with Gasteiger partial charge in [-0.3, -0.25) is 0 Å². The molecular weight excluding hydrogens is 342 g/mol. The number of rotatable bonds is 1. The van der Waals surface area contributed by atoms with E-state index in [9.17, 15) is 0 Å². The van der Waals surface area contributed by atoms with Crippen molar-refractivity contribution in [2.45, 2.75) is 41.2 Å². The Bertz CT molecular complexity index is 693. The molecule has 0 aromatic carbocycles. The van der Waals surface area contributed by atoms with Crippen molar-refractivity contribution in [3.8, 4) is 0 Å². The molecule has 8 nitrogen and oxygen atoms in total. The molecule has 150 valence electrons. The molecule has 9 N–H and O–H groups in total. The number of hydrogen-bond donors (Lipinski definition) is 5. The Morgan fingerprint density at radius 2 is 1.37 bits per heavy atom. The van der Waals surface area contributed by atoms with Crippen molar-refractivity contribution < 1.29 is 5.11 Å². The smallest absolute Gasteiger partial charge is 0.230 e. The molecule has 27 heavy (non-hydrogen) atoms. The summed E-state index contributed by atoms with van der Waals surface area (Å²) in [4.78, 5) is 11.3. The van der Waals surface area contributed by atoms with E-state index < -0.39 is 0 Å². The molecule has 2 aromatic heterocycles. The fourth-order valence-electron chi connectivity index (χ4n) is 2.16. The third kappa shape index (κ3) is 9.51. The van der Waals surface area contributed by atoms with Gasteiger partial charge >= 0.3 is 0 Å². The van der Waals surface area contributed by atoms with Gasteiger partial charge in [0.1, 0.15) is 11.6 Å². The van der Waals surface area contributed by atoms with Gasteiger partial charge in [-0.05, 0) is 64.9 Å². The topological polar surface area (TPSA) is 154 Å². The number of nitrogen functional groups attached to an aromatic ring is 2. The minimum atomic E-state index is 0.250. The number of aliphatic hydroxyl groups is 1. The van der Waals surface area contributed by atoms with Gasteiger partial charge in [0, 0.05) is 30.1 Å². The standard InChI is InChI=1S/C8H9N3.C8H13N3.C2H6O.CH5N/c1-5-4-6(2)11-8(9)7(5)10-3;1-5-3-6(2)11-8(10)7(5)4-9;1-2-3;1-2/h4H,1-2H3,(H2,9,11);3H,4,9H2,1-2H3,(H2,10,11);3H,2H2,1H3;2H2,1H3. The number of aryl methyl sites for hydroxylation is 4. The van der Waals surface area contributed by atoms with Gasteiger partial charge in [-0.15, -0.1) is 0 Å². The Balaban J connectivity index is 0. The molecule has 0 fully saturated rings. The maximum atomic E-state index is 7.57. The van der Waals surface area contributed by atoms with Crippen LogP contribution >= 0.6 is 0 Å².